The summed E-state index contributed by atoms with van der Waals surface area (Å²) in [7, 11) is -11.7. The van der Waals surface area contributed by atoms with Crippen LogP contribution in [-0.4, -0.2) is 147 Å². The number of carbonyl (C=O) groups excluding carboxylic acids is 2. The van der Waals surface area contributed by atoms with Crippen molar-refractivity contribution in [1.82, 2.24) is 0 Å². The van der Waals surface area contributed by atoms with Gasteiger partial charge in [-0.1, -0.05) is 154 Å². The largest absolute Gasteiger partial charge is 0.522 e. The number of esters is 2. The number of nitrogens with one attached hydrogen (secondary N) is 1. The summed E-state index contributed by atoms with van der Waals surface area (Å²) in [5.41, 5.74) is 9.88. The Kier molecular flexibility index (Phi) is 31.5. The summed E-state index contributed by atoms with van der Waals surface area (Å²) < 4.78 is 158. The van der Waals surface area contributed by atoms with E-state index in [9.17, 15) is 60.8 Å². The van der Waals surface area contributed by atoms with Crippen LogP contribution < -0.4 is 11.3 Å². The Balaban J connectivity index is 0.000000211. The Morgan fingerprint density at radius 3 is 1.33 bits per heavy atom. The molecule has 119 heavy (non-hydrogen) atoms. The molecule has 4 aromatic rings. The second-order valence-corrected chi connectivity index (χ2v) is 37.8. The van der Waals surface area contributed by atoms with Gasteiger partial charge in [-0.05, 0) is 208 Å². The zero-order valence-electron chi connectivity index (χ0n) is 65.2. The molecule has 14 rings (SSSR count). The average Bonchev–Trinajstić information content (AvgIpc) is 1.62. The van der Waals surface area contributed by atoms with E-state index >= 15 is 0 Å². The maximum absolute atomic E-state index is 13.1. The molecule has 2 saturated heterocycles. The second kappa shape index (κ2) is 38.3. The molecule has 0 amide bonds. The van der Waals surface area contributed by atoms with Crippen molar-refractivity contribution < 1.29 is 134 Å². The van der Waals surface area contributed by atoms with Gasteiger partial charge < -0.3 is 52.6 Å². The molecule has 8 fully saturated rings. The van der Waals surface area contributed by atoms with E-state index in [1.807, 2.05) is 25.1 Å². The fourth-order valence-corrected chi connectivity index (χ4v) is 20.4. The Morgan fingerprint density at radius 1 is 0.563 bits per heavy atom. The van der Waals surface area contributed by atoms with E-state index in [1.165, 1.54) is 23.3 Å². The van der Waals surface area contributed by atoms with Gasteiger partial charge in [0.05, 0.1) is 72.4 Å². The number of aliphatic hydroxyl groups excluding tert-OH is 1. The van der Waals surface area contributed by atoms with Gasteiger partial charge >= 0.3 is 54.4 Å². The normalized spacial score (nSPS) is 34.9. The first-order valence-corrected chi connectivity index (χ1v) is 42.2. The zero-order valence-corrected chi connectivity index (χ0v) is 72.1. The molecule has 6 N–H and O–H groups in total. The Bertz CT molecular complexity index is 4720. The van der Waals surface area contributed by atoms with Gasteiger partial charge in [-0.15, -0.1) is 0 Å². The summed E-state index contributed by atoms with van der Waals surface area (Å²) in [5, 5.41) is 50.1. The number of halogens is 9. The number of nitrogens with zero attached hydrogens (tertiary/aromatic N) is 6. The van der Waals surface area contributed by atoms with Crippen molar-refractivity contribution in [3.05, 3.63) is 185 Å². The molecule has 8 aliphatic carbocycles. The minimum Gasteiger partial charge on any atom is -0.453 e. The van der Waals surface area contributed by atoms with E-state index in [0.717, 1.165) is 114 Å². The van der Waals surface area contributed by atoms with Crippen molar-refractivity contribution in [1.29, 1.82) is 5.41 Å². The van der Waals surface area contributed by atoms with Crippen molar-refractivity contribution in [3.8, 4) is 0 Å². The number of benzene rings is 2. The topological polar surface area (TPSA) is 441 Å². The number of ether oxygens (including phenoxy) is 6. The molecule has 652 valence electrons. The summed E-state index contributed by atoms with van der Waals surface area (Å²) in [4.78, 5) is 54.3. The molecule has 0 radical (unpaired) electrons. The van der Waals surface area contributed by atoms with Crippen LogP contribution in [0.4, 0.5) is 26.3 Å². The van der Waals surface area contributed by atoms with E-state index in [2.05, 4.69) is 59.9 Å². The molecule has 4 heterocycles. The quantitative estimate of drug-likeness (QED) is 0.00660. The monoisotopic (exact) mass is 1830 g/mol. The first kappa shape index (κ1) is 97.9. The molecule has 6 unspecified atom stereocenters. The molecule has 0 spiro atoms. The van der Waals surface area contributed by atoms with Crippen LogP contribution in [-0.2, 0) is 68.1 Å². The van der Waals surface area contributed by atoms with Crippen molar-refractivity contribution in [2.45, 2.75) is 239 Å². The fraction of sp³-hybridized carbons (Fsp3) is 0.633. The predicted octanol–water partition coefficient (Wildman–Crippen LogP) is 16.9. The van der Waals surface area contributed by atoms with Crippen LogP contribution in [0.2, 0.25) is 0 Å². The van der Waals surface area contributed by atoms with Gasteiger partial charge in [-0.25, -0.2) is 19.2 Å². The van der Waals surface area contributed by atoms with Crippen molar-refractivity contribution in [2.24, 2.45) is 67.4 Å². The van der Waals surface area contributed by atoms with E-state index in [4.69, 9.17) is 114 Å². The molecular weight excluding hydrogens is 1730 g/mol. The zero-order chi connectivity index (χ0) is 86.0. The minimum atomic E-state index is -5.84. The van der Waals surface area contributed by atoms with E-state index in [0.29, 0.717) is 28.9 Å². The number of hydrogen-bond donors (Lipinski definition) is 6. The molecular formula is C79H98Cl3F6N7O21S2Zn. The summed E-state index contributed by atoms with van der Waals surface area (Å²) >= 11 is 16.9. The number of hydrogen-bond acceptors (Lipinski definition) is 22. The van der Waals surface area contributed by atoms with E-state index in [1.54, 1.807) is 74.0 Å². The molecule has 2 aromatic carbocycles. The maximum atomic E-state index is 13.1. The van der Waals surface area contributed by atoms with Crippen LogP contribution in [0.1, 0.15) is 195 Å². The number of fused-ring (bicyclic) bond motifs is 10. The summed E-state index contributed by atoms with van der Waals surface area (Å²) in [6, 6.07) is 22.8. The van der Waals surface area contributed by atoms with Crippen molar-refractivity contribution in [3.63, 3.8) is 0 Å². The van der Waals surface area contributed by atoms with Gasteiger partial charge in [-0.3, -0.25) is 14.5 Å². The van der Waals surface area contributed by atoms with Crippen LogP contribution in [0.15, 0.2) is 149 Å². The number of alkyl halides is 9. The first-order valence-electron chi connectivity index (χ1n) is 38.2. The third-order valence-corrected chi connectivity index (χ3v) is 28.4. The number of carbonyl (C=O) groups is 2. The number of aliphatic hydroxyl groups is 3. The van der Waals surface area contributed by atoms with Crippen LogP contribution >= 0.6 is 34.8 Å². The Labute approximate surface area is 711 Å². The van der Waals surface area contributed by atoms with Gasteiger partial charge in [0.15, 0.2) is 18.5 Å². The molecule has 28 nitrogen and oxygen atoms in total. The predicted molar refractivity (Wildman–Crippen MR) is 419 cm³/mol. The summed E-state index contributed by atoms with van der Waals surface area (Å²) in [6.45, 7) is 13.1. The molecule has 2 aromatic heterocycles. The van der Waals surface area contributed by atoms with Crippen molar-refractivity contribution >= 4 is 72.9 Å². The van der Waals surface area contributed by atoms with Crippen LogP contribution in [0.3, 0.4) is 0 Å². The molecule has 22 atom stereocenters. The minimum absolute atomic E-state index is 0. The summed E-state index contributed by atoms with van der Waals surface area (Å²) in [6.07, 6.45) is 18.3. The third-order valence-electron chi connectivity index (χ3n) is 26.7. The standard InChI is InChI=1S/C37H45N3O7.C24H32O4.C15H15Cl3N4O4.2CHF3O3S.CH4.Zn/c1-22-30(39-40-38)21-45-34(32(22)47-33(42)23-7-5-4-6-8-23)46-26-13-16-35(2)25(19-26)10-11-29-28(35)14-17-36(3)27(15-18-37(29,36)43)24-9-12-31(41)44-20-24;1-22-10-7-17(25)13-16(22)4-5-20-19(22)8-11-23(2)18(9-12-24(20,23)27)15-3-6-21(26)28-14-15;1-8-10(21-22-20)7-24-13(26-14(19)15(16,17)18)11(8)25-12(23)9-5-3-2-4-6-9;2*2-1(3,4)8(5,6)7;;/h4-9,12,19-20,22,26-30,32,34,43H,10-11,13-18,21H2,1-3H3;3,6,13-14,17-20,25,27H,4-5,7-12H2,1-2H3;2-6,8,10-11,13,19H,7H2,1H3;2*(H,5,6,7);1H4;/t22-,26+,27-,28?,29?,30+,32+,34?,35+,36-,37+;17-,18+,19?,20?,22-,23+,24-;8-,10+,11+,13?;;;;/m101..../s1. The fourth-order valence-electron chi connectivity index (χ4n) is 20.3. The number of allylic oxidation sites excluding steroid dienone is 2. The Hall–Kier alpha value is -6.50. The van der Waals surface area contributed by atoms with Crippen LogP contribution in [0, 0.1) is 62.6 Å². The molecule has 40 heteroatoms. The Morgan fingerprint density at radius 2 is 0.950 bits per heavy atom. The van der Waals surface area contributed by atoms with E-state index < -0.39 is 107 Å². The molecule has 0 bridgehead atoms. The average molecular weight is 1830 g/mol. The second-order valence-electron chi connectivity index (χ2n) is 32.7. The van der Waals surface area contributed by atoms with Crippen LogP contribution in [0.5, 0.6) is 0 Å². The number of rotatable bonds is 11. The first-order chi connectivity index (χ1) is 54.6. The van der Waals surface area contributed by atoms with Crippen LogP contribution in [0.25, 0.3) is 20.9 Å². The maximum Gasteiger partial charge on any atom is 0.522 e. The SMILES string of the molecule is C.C[C@@H]1[C@@H](N=[N+]=[N-])COC(OC(=N)C(Cl)(Cl)Cl)[C@H]1OC(=O)c1ccccc1.C[C@@H]1[C@@H](N=[N+]=[N-])COC(O[C@@H]2C=C3CCC4C(CC[C@]5(C)[C@@H](c6ccc(=O)oc6)CC[C@]45O)[C@@]3(C)CC2)[C@H]1OC(=O)c1ccccc1.C[C@]12CC[C@H](O)C=C1CCC1C2CC[C@]2(C)[C@@H](c3ccc(=O)oc3)CC[C@]12O.O=S(=O)(O)C(F)(F)F.O=S(=O)(O)C(F)(F)F.[Zn]. The number of azide groups is 2. The van der Waals surface area contributed by atoms with Crippen molar-refractivity contribution in [2.75, 3.05) is 13.2 Å². The third kappa shape index (κ3) is 20.8. The molecule has 10 aliphatic rings. The van der Waals surface area contributed by atoms with Gasteiger partial charge in [0.1, 0.15) is 0 Å². The molecule has 2 aliphatic heterocycles. The smallest absolute Gasteiger partial charge is 0.453 e. The summed E-state index contributed by atoms with van der Waals surface area (Å²) in [5.74, 6) is -0.768. The molecule has 6 saturated carbocycles. The van der Waals surface area contributed by atoms with Gasteiger partial charge in [-0.2, -0.15) is 43.2 Å². The van der Waals surface area contributed by atoms with E-state index in [-0.39, 0.29) is 109 Å². The van der Waals surface area contributed by atoms with Gasteiger partial charge in [0.2, 0.25) is 12.2 Å². The van der Waals surface area contributed by atoms with Gasteiger partial charge in [0, 0.05) is 64.1 Å². The van der Waals surface area contributed by atoms with Gasteiger partial charge in [0.25, 0.3) is 3.79 Å².